The van der Waals surface area contributed by atoms with Crippen LogP contribution in [-0.2, 0) is 14.6 Å². The molecule has 90 valence electrons. The van der Waals surface area contributed by atoms with E-state index in [-0.39, 0.29) is 12.5 Å². The molecule has 3 saturated heterocycles. The van der Waals surface area contributed by atoms with Gasteiger partial charge in [-0.15, -0.1) is 0 Å². The second-order valence-corrected chi connectivity index (χ2v) is 6.89. The Balaban J connectivity index is 1.96. The molecule has 0 radical (unpaired) electrons. The second-order valence-electron chi connectivity index (χ2n) is 4.48. The Morgan fingerprint density at radius 3 is 2.71 bits per heavy atom. The van der Waals surface area contributed by atoms with Crippen LogP contribution >= 0.6 is 0 Å². The lowest BCUT2D eigenvalue weighted by atomic mass is 10.1. The van der Waals surface area contributed by atoms with Gasteiger partial charge in [-0.05, 0) is 24.6 Å². The summed E-state index contributed by atoms with van der Waals surface area (Å²) in [4.78, 5) is 13.5. The van der Waals surface area contributed by atoms with Gasteiger partial charge in [-0.1, -0.05) is 6.07 Å². The maximum Gasteiger partial charge on any atom is 0.245 e. The highest BCUT2D eigenvalue weighted by molar-refractivity contribution is 7.95. The average Bonchev–Trinajstić information content (AvgIpc) is 2.28. The number of carbonyl (C=O) groups is 1. The quantitative estimate of drug-likeness (QED) is 0.722. The number of hydrogen-bond acceptors (Lipinski definition) is 4. The first-order chi connectivity index (χ1) is 8.00. The van der Waals surface area contributed by atoms with Gasteiger partial charge < -0.3 is 10.6 Å². The van der Waals surface area contributed by atoms with E-state index in [9.17, 15) is 13.2 Å². The number of amides is 1. The van der Waals surface area contributed by atoms with Gasteiger partial charge in [0.15, 0.2) is 9.84 Å². The molecule has 5 nitrogen and oxygen atoms in total. The van der Waals surface area contributed by atoms with Gasteiger partial charge in [0, 0.05) is 17.9 Å². The number of carbonyl (C=O) groups excluding carboxylic acids is 1. The summed E-state index contributed by atoms with van der Waals surface area (Å²) in [5.41, 5.74) is 6.90. The Morgan fingerprint density at radius 2 is 2.12 bits per heavy atom. The molecule has 1 aromatic carbocycles. The molecule has 4 rings (SSSR count). The normalized spacial score (nSPS) is 29.9. The van der Waals surface area contributed by atoms with E-state index >= 15 is 0 Å². The third-order valence-corrected chi connectivity index (χ3v) is 5.91. The number of nitrogen functional groups attached to an aromatic ring is 1. The molecule has 2 bridgehead atoms. The molecule has 0 saturated carbocycles. The summed E-state index contributed by atoms with van der Waals surface area (Å²) in [6.45, 7) is 0.251. The topological polar surface area (TPSA) is 80.5 Å². The van der Waals surface area contributed by atoms with Crippen LogP contribution in [0.15, 0.2) is 24.3 Å². The van der Waals surface area contributed by atoms with E-state index in [4.69, 9.17) is 5.73 Å². The molecule has 3 fully saturated rings. The Hall–Kier alpha value is -1.56. The Bertz CT molecular complexity index is 596. The van der Waals surface area contributed by atoms with Crippen molar-refractivity contribution in [1.29, 1.82) is 0 Å². The molecule has 0 aliphatic carbocycles. The molecule has 0 aromatic heterocycles. The Labute approximate surface area is 99.1 Å². The number of fused-ring (bicyclic) bond motifs is 2. The SMILES string of the molecule is Nc1cccc(N2CC3CC(C2=O)S3(=O)=O)c1. The van der Waals surface area contributed by atoms with Crippen LogP contribution in [0.25, 0.3) is 0 Å². The monoisotopic (exact) mass is 252 g/mol. The maximum atomic E-state index is 12.0. The van der Waals surface area contributed by atoms with E-state index in [0.717, 1.165) is 0 Å². The van der Waals surface area contributed by atoms with E-state index in [1.165, 1.54) is 4.90 Å². The molecule has 2 unspecified atom stereocenters. The summed E-state index contributed by atoms with van der Waals surface area (Å²) in [5.74, 6) is -0.321. The molecule has 3 aliphatic heterocycles. The van der Waals surface area contributed by atoms with Crippen molar-refractivity contribution >= 4 is 27.1 Å². The van der Waals surface area contributed by atoms with E-state index in [1.807, 2.05) is 0 Å². The molecule has 0 spiro atoms. The van der Waals surface area contributed by atoms with E-state index < -0.39 is 20.3 Å². The number of piperidine rings is 1. The van der Waals surface area contributed by atoms with Gasteiger partial charge in [0.2, 0.25) is 5.91 Å². The summed E-state index contributed by atoms with van der Waals surface area (Å²) in [6, 6.07) is 6.95. The van der Waals surface area contributed by atoms with Crippen molar-refractivity contribution in [3.8, 4) is 0 Å². The predicted molar refractivity (Wildman–Crippen MR) is 64.3 cm³/mol. The third kappa shape index (κ3) is 1.37. The lowest BCUT2D eigenvalue weighted by Gasteiger charge is -2.45. The number of nitrogens with two attached hydrogens (primary N) is 1. The zero-order chi connectivity index (χ0) is 12.2. The molecule has 3 heterocycles. The van der Waals surface area contributed by atoms with Gasteiger partial charge in [0.25, 0.3) is 0 Å². The first kappa shape index (κ1) is 10.6. The van der Waals surface area contributed by atoms with Crippen molar-refractivity contribution in [1.82, 2.24) is 0 Å². The van der Waals surface area contributed by atoms with Crippen molar-refractivity contribution < 1.29 is 13.2 Å². The van der Waals surface area contributed by atoms with Crippen LogP contribution < -0.4 is 10.6 Å². The number of sulfone groups is 1. The number of hydrogen-bond donors (Lipinski definition) is 1. The fourth-order valence-electron chi connectivity index (χ4n) is 2.43. The van der Waals surface area contributed by atoms with Crippen molar-refractivity contribution in [2.24, 2.45) is 0 Å². The zero-order valence-electron chi connectivity index (χ0n) is 9.04. The summed E-state index contributed by atoms with van der Waals surface area (Å²) in [6.07, 6.45) is 0.472. The lowest BCUT2D eigenvalue weighted by Crippen LogP contribution is -2.65. The second kappa shape index (κ2) is 3.22. The molecular weight excluding hydrogens is 240 g/mol. The highest BCUT2D eigenvalue weighted by Crippen LogP contribution is 2.38. The molecule has 1 aromatic rings. The largest absolute Gasteiger partial charge is 0.399 e. The molecule has 6 heteroatoms. The van der Waals surface area contributed by atoms with Crippen LogP contribution in [-0.4, -0.2) is 31.4 Å². The fourth-order valence-corrected chi connectivity index (χ4v) is 4.26. The summed E-state index contributed by atoms with van der Waals surface area (Å²) < 4.78 is 23.2. The van der Waals surface area contributed by atoms with Crippen molar-refractivity contribution in [3.05, 3.63) is 24.3 Å². The van der Waals surface area contributed by atoms with Gasteiger partial charge in [0.05, 0.1) is 5.25 Å². The van der Waals surface area contributed by atoms with Crippen molar-refractivity contribution in [3.63, 3.8) is 0 Å². The van der Waals surface area contributed by atoms with Gasteiger partial charge in [-0.3, -0.25) is 4.79 Å². The maximum absolute atomic E-state index is 12.0. The Morgan fingerprint density at radius 1 is 1.35 bits per heavy atom. The standard InChI is InChI=1S/C11H12N2O3S/c12-7-2-1-3-8(4-7)13-6-9-5-10(11(13)14)17(9,15)16/h1-4,9-10H,5-6,12H2. The lowest BCUT2D eigenvalue weighted by molar-refractivity contribution is -0.119. The number of anilines is 2. The summed E-state index contributed by atoms with van der Waals surface area (Å²) in [7, 11) is -3.19. The predicted octanol–water partition coefficient (Wildman–Crippen LogP) is 0.171. The number of rotatable bonds is 1. The van der Waals surface area contributed by atoms with Gasteiger partial charge >= 0.3 is 0 Å². The minimum atomic E-state index is -3.19. The van der Waals surface area contributed by atoms with E-state index in [1.54, 1.807) is 24.3 Å². The molecular formula is C11H12N2O3S. The highest BCUT2D eigenvalue weighted by Gasteiger charge is 2.57. The van der Waals surface area contributed by atoms with E-state index in [2.05, 4.69) is 0 Å². The third-order valence-electron chi connectivity index (χ3n) is 3.45. The highest BCUT2D eigenvalue weighted by atomic mass is 32.2. The molecule has 1 amide bonds. The Kier molecular flexibility index (Phi) is 2.01. The molecule has 2 atom stereocenters. The summed E-state index contributed by atoms with van der Waals surface area (Å²) in [5, 5.41) is -1.23. The van der Waals surface area contributed by atoms with Gasteiger partial charge in [-0.2, -0.15) is 0 Å². The average molecular weight is 252 g/mol. The minimum absolute atomic E-state index is 0.251. The van der Waals surface area contributed by atoms with Crippen LogP contribution in [0, 0.1) is 0 Å². The van der Waals surface area contributed by atoms with Gasteiger partial charge in [0.1, 0.15) is 5.25 Å². The van der Waals surface area contributed by atoms with Crippen LogP contribution in [0.1, 0.15) is 6.42 Å². The van der Waals surface area contributed by atoms with E-state index in [0.29, 0.717) is 17.8 Å². The molecule has 17 heavy (non-hydrogen) atoms. The number of nitrogens with zero attached hydrogens (tertiary/aromatic N) is 1. The molecule has 2 N–H and O–H groups in total. The first-order valence-corrected chi connectivity index (χ1v) is 7.01. The summed E-state index contributed by atoms with van der Waals surface area (Å²) >= 11 is 0. The first-order valence-electron chi connectivity index (χ1n) is 5.40. The van der Waals surface area contributed by atoms with Crippen LogP contribution in [0.5, 0.6) is 0 Å². The molecule has 3 aliphatic rings. The van der Waals surface area contributed by atoms with Gasteiger partial charge in [-0.25, -0.2) is 8.42 Å². The smallest absolute Gasteiger partial charge is 0.245 e. The van der Waals surface area contributed by atoms with Crippen LogP contribution in [0.4, 0.5) is 11.4 Å². The van der Waals surface area contributed by atoms with Crippen LogP contribution in [0.3, 0.4) is 0 Å². The number of benzene rings is 1. The zero-order valence-corrected chi connectivity index (χ0v) is 9.85. The minimum Gasteiger partial charge on any atom is -0.399 e. The fraction of sp³-hybridized carbons (Fsp3) is 0.364. The van der Waals surface area contributed by atoms with Crippen molar-refractivity contribution in [2.75, 3.05) is 17.2 Å². The van der Waals surface area contributed by atoms with Crippen molar-refractivity contribution in [2.45, 2.75) is 16.9 Å². The van der Waals surface area contributed by atoms with Crippen LogP contribution in [0.2, 0.25) is 0 Å².